The fourth-order valence-electron chi connectivity index (χ4n) is 2.09. The Hall–Kier alpha value is -0.770. The molecular formula is C18H22BrNS. The van der Waals surface area contributed by atoms with Crippen LogP contribution in [0.25, 0.3) is 0 Å². The maximum absolute atomic E-state index is 3.67. The standard InChI is InChI=1S/C18H22BrNS/c1-18(2,3)14-6-8-15(9-7-14)21-17-10-5-13(12-20-4)11-16(17)19/h5-11,20H,12H2,1-4H3. The number of hydrogen-bond acceptors (Lipinski definition) is 2. The summed E-state index contributed by atoms with van der Waals surface area (Å²) in [4.78, 5) is 2.52. The molecule has 2 rings (SSSR count). The number of rotatable bonds is 4. The van der Waals surface area contributed by atoms with Crippen LogP contribution in [0.5, 0.6) is 0 Å². The molecule has 0 aromatic heterocycles. The lowest BCUT2D eigenvalue weighted by Crippen LogP contribution is -2.10. The zero-order chi connectivity index (χ0) is 15.5. The summed E-state index contributed by atoms with van der Waals surface area (Å²) >= 11 is 5.47. The highest BCUT2D eigenvalue weighted by Gasteiger charge is 2.13. The fraction of sp³-hybridized carbons (Fsp3) is 0.333. The number of halogens is 1. The van der Waals surface area contributed by atoms with Crippen LogP contribution in [-0.4, -0.2) is 7.05 Å². The van der Waals surface area contributed by atoms with Gasteiger partial charge >= 0.3 is 0 Å². The van der Waals surface area contributed by atoms with Crippen LogP contribution in [0.1, 0.15) is 31.9 Å². The lowest BCUT2D eigenvalue weighted by molar-refractivity contribution is 0.590. The first-order valence-corrected chi connectivity index (χ1v) is 8.72. The second-order valence-electron chi connectivity index (χ2n) is 6.17. The molecule has 1 nitrogen and oxygen atoms in total. The van der Waals surface area contributed by atoms with E-state index >= 15 is 0 Å². The molecule has 0 fully saturated rings. The summed E-state index contributed by atoms with van der Waals surface area (Å²) in [7, 11) is 1.97. The zero-order valence-electron chi connectivity index (χ0n) is 13.0. The highest BCUT2D eigenvalue weighted by molar-refractivity contribution is 9.10. The van der Waals surface area contributed by atoms with E-state index < -0.39 is 0 Å². The van der Waals surface area contributed by atoms with E-state index in [-0.39, 0.29) is 5.41 Å². The Labute approximate surface area is 140 Å². The maximum Gasteiger partial charge on any atom is 0.0318 e. The molecular weight excluding hydrogens is 342 g/mol. The summed E-state index contributed by atoms with van der Waals surface area (Å²) in [5, 5.41) is 3.17. The minimum Gasteiger partial charge on any atom is -0.316 e. The fourth-order valence-corrected chi connectivity index (χ4v) is 3.58. The molecule has 0 saturated carbocycles. The van der Waals surface area contributed by atoms with Crippen LogP contribution in [0.2, 0.25) is 0 Å². The Balaban J connectivity index is 2.15. The highest BCUT2D eigenvalue weighted by atomic mass is 79.9. The Morgan fingerprint density at radius 1 is 1.05 bits per heavy atom. The molecule has 0 aliphatic rings. The van der Waals surface area contributed by atoms with Gasteiger partial charge in [-0.15, -0.1) is 0 Å². The van der Waals surface area contributed by atoms with Crippen molar-refractivity contribution in [3.63, 3.8) is 0 Å². The third kappa shape index (κ3) is 4.60. The van der Waals surface area contributed by atoms with Gasteiger partial charge in [-0.1, -0.05) is 50.7 Å². The van der Waals surface area contributed by atoms with E-state index in [4.69, 9.17) is 0 Å². The van der Waals surface area contributed by atoms with Crippen molar-refractivity contribution in [1.82, 2.24) is 5.32 Å². The number of benzene rings is 2. The predicted octanol–water partition coefficient (Wildman–Crippen LogP) is 5.62. The first-order valence-electron chi connectivity index (χ1n) is 7.11. The molecule has 0 radical (unpaired) electrons. The van der Waals surface area contributed by atoms with E-state index in [1.54, 1.807) is 11.8 Å². The van der Waals surface area contributed by atoms with Gasteiger partial charge in [0.15, 0.2) is 0 Å². The quantitative estimate of drug-likeness (QED) is 0.756. The first kappa shape index (κ1) is 16.6. The molecule has 0 spiro atoms. The second-order valence-corrected chi connectivity index (χ2v) is 8.14. The van der Waals surface area contributed by atoms with Crippen LogP contribution >= 0.6 is 27.7 Å². The molecule has 0 unspecified atom stereocenters. The molecule has 0 amide bonds. The van der Waals surface area contributed by atoms with Gasteiger partial charge in [-0.25, -0.2) is 0 Å². The monoisotopic (exact) mass is 363 g/mol. The van der Waals surface area contributed by atoms with Gasteiger partial charge in [0.05, 0.1) is 0 Å². The van der Waals surface area contributed by atoms with Gasteiger partial charge in [0, 0.05) is 20.8 Å². The van der Waals surface area contributed by atoms with E-state index in [1.807, 2.05) is 7.05 Å². The smallest absolute Gasteiger partial charge is 0.0318 e. The van der Waals surface area contributed by atoms with Crippen molar-refractivity contribution in [3.05, 3.63) is 58.1 Å². The van der Waals surface area contributed by atoms with Crippen molar-refractivity contribution in [2.45, 2.75) is 42.5 Å². The molecule has 0 heterocycles. The van der Waals surface area contributed by atoms with Crippen molar-refractivity contribution in [3.8, 4) is 0 Å². The lowest BCUT2D eigenvalue weighted by Gasteiger charge is -2.19. The van der Waals surface area contributed by atoms with Crippen LogP contribution < -0.4 is 5.32 Å². The average molecular weight is 364 g/mol. The highest BCUT2D eigenvalue weighted by Crippen LogP contribution is 2.35. The van der Waals surface area contributed by atoms with Gasteiger partial charge in [-0.3, -0.25) is 0 Å². The summed E-state index contributed by atoms with van der Waals surface area (Å²) in [5.41, 5.74) is 2.87. The van der Waals surface area contributed by atoms with Crippen LogP contribution in [0.15, 0.2) is 56.7 Å². The van der Waals surface area contributed by atoms with Crippen molar-refractivity contribution >= 4 is 27.7 Å². The normalized spacial score (nSPS) is 11.7. The molecule has 0 bridgehead atoms. The molecule has 0 atom stereocenters. The summed E-state index contributed by atoms with van der Waals surface area (Å²) in [5.74, 6) is 0. The molecule has 0 aliphatic carbocycles. The summed E-state index contributed by atoms with van der Waals surface area (Å²) in [6, 6.07) is 15.4. The lowest BCUT2D eigenvalue weighted by atomic mass is 9.87. The molecule has 2 aromatic carbocycles. The zero-order valence-corrected chi connectivity index (χ0v) is 15.4. The molecule has 2 aromatic rings. The molecule has 0 aliphatic heterocycles. The van der Waals surface area contributed by atoms with Gasteiger partial charge in [-0.05, 0) is 63.8 Å². The van der Waals surface area contributed by atoms with Gasteiger partial charge < -0.3 is 5.32 Å². The largest absolute Gasteiger partial charge is 0.316 e. The Morgan fingerprint density at radius 3 is 2.24 bits per heavy atom. The van der Waals surface area contributed by atoms with E-state index in [1.165, 1.54) is 20.9 Å². The van der Waals surface area contributed by atoms with E-state index in [0.29, 0.717) is 0 Å². The third-order valence-electron chi connectivity index (χ3n) is 3.33. The average Bonchev–Trinajstić information content (AvgIpc) is 2.42. The Bertz CT molecular complexity index is 600. The van der Waals surface area contributed by atoms with Crippen LogP contribution in [0, 0.1) is 0 Å². The van der Waals surface area contributed by atoms with Crippen molar-refractivity contribution in [1.29, 1.82) is 0 Å². The Morgan fingerprint density at radius 2 is 1.71 bits per heavy atom. The minimum absolute atomic E-state index is 0.207. The predicted molar refractivity (Wildman–Crippen MR) is 96.2 cm³/mol. The summed E-state index contributed by atoms with van der Waals surface area (Å²) in [6.45, 7) is 7.62. The molecule has 112 valence electrons. The van der Waals surface area contributed by atoms with Crippen molar-refractivity contribution in [2.24, 2.45) is 0 Å². The van der Waals surface area contributed by atoms with Gasteiger partial charge in [0.25, 0.3) is 0 Å². The molecule has 0 saturated heterocycles. The van der Waals surface area contributed by atoms with Gasteiger partial charge in [-0.2, -0.15) is 0 Å². The topological polar surface area (TPSA) is 12.0 Å². The molecule has 3 heteroatoms. The minimum atomic E-state index is 0.207. The van der Waals surface area contributed by atoms with Crippen molar-refractivity contribution < 1.29 is 0 Å². The summed E-state index contributed by atoms with van der Waals surface area (Å²) < 4.78 is 1.15. The van der Waals surface area contributed by atoms with Crippen LogP contribution in [-0.2, 0) is 12.0 Å². The number of nitrogens with one attached hydrogen (secondary N) is 1. The van der Waals surface area contributed by atoms with Crippen LogP contribution in [0.4, 0.5) is 0 Å². The number of hydrogen-bond donors (Lipinski definition) is 1. The van der Waals surface area contributed by atoms with Gasteiger partial charge in [0.2, 0.25) is 0 Å². The Kier molecular flexibility index (Phi) is 5.53. The third-order valence-corrected chi connectivity index (χ3v) is 5.33. The SMILES string of the molecule is CNCc1ccc(Sc2ccc(C(C)(C)C)cc2)c(Br)c1. The van der Waals surface area contributed by atoms with E-state index in [2.05, 4.69) is 84.5 Å². The van der Waals surface area contributed by atoms with Crippen LogP contribution in [0.3, 0.4) is 0 Å². The van der Waals surface area contributed by atoms with Gasteiger partial charge in [0.1, 0.15) is 0 Å². The second kappa shape index (κ2) is 6.99. The van der Waals surface area contributed by atoms with Crippen molar-refractivity contribution in [2.75, 3.05) is 7.05 Å². The van der Waals surface area contributed by atoms with E-state index in [0.717, 1.165) is 11.0 Å². The molecule has 21 heavy (non-hydrogen) atoms. The molecule has 1 N–H and O–H groups in total. The van der Waals surface area contributed by atoms with E-state index in [9.17, 15) is 0 Å². The maximum atomic E-state index is 3.67. The first-order chi connectivity index (χ1) is 9.90. The summed E-state index contributed by atoms with van der Waals surface area (Å²) in [6.07, 6.45) is 0.